The molecule has 2 aliphatic rings. The molecule has 2 heterocycles. The van der Waals surface area contributed by atoms with Crippen LogP contribution in [0, 0.1) is 12.8 Å². The fraction of sp³-hybridized carbons (Fsp3) is 0.294. The molecular weight excluding hydrogens is 330 g/mol. The molecule has 20 heavy (non-hydrogen) atoms. The van der Waals surface area contributed by atoms with Gasteiger partial charge >= 0.3 is 0 Å². The quantitative estimate of drug-likeness (QED) is 0.659. The summed E-state index contributed by atoms with van der Waals surface area (Å²) in [7, 11) is 0. The van der Waals surface area contributed by atoms with E-state index in [-0.39, 0.29) is 0 Å². The molecule has 4 rings (SSSR count). The Morgan fingerprint density at radius 2 is 2.20 bits per heavy atom. The van der Waals surface area contributed by atoms with Gasteiger partial charge in [-0.25, -0.2) is 0 Å². The van der Waals surface area contributed by atoms with Crippen molar-refractivity contribution in [3.63, 3.8) is 0 Å². The summed E-state index contributed by atoms with van der Waals surface area (Å²) in [6.07, 6.45) is 5.92. The zero-order valence-corrected chi connectivity index (χ0v) is 13.7. The number of rotatable bonds is 1. The van der Waals surface area contributed by atoms with Crippen molar-refractivity contribution in [2.24, 2.45) is 5.92 Å². The van der Waals surface area contributed by atoms with Crippen LogP contribution >= 0.6 is 27.3 Å². The van der Waals surface area contributed by atoms with Crippen molar-refractivity contribution in [3.05, 3.63) is 62.3 Å². The van der Waals surface area contributed by atoms with Gasteiger partial charge in [-0.05, 0) is 63.8 Å². The minimum Gasteiger partial charge on any atom is -0.376 e. The maximum atomic E-state index is 3.80. The van der Waals surface area contributed by atoms with Gasteiger partial charge in [0.25, 0.3) is 0 Å². The van der Waals surface area contributed by atoms with Crippen LogP contribution in [0.15, 0.2) is 46.3 Å². The van der Waals surface area contributed by atoms with Gasteiger partial charge in [0.15, 0.2) is 0 Å². The number of hydrogen-bond donors (Lipinski definition) is 1. The molecule has 102 valence electrons. The van der Waals surface area contributed by atoms with Crippen LogP contribution in [0.2, 0.25) is 0 Å². The molecule has 1 aromatic carbocycles. The van der Waals surface area contributed by atoms with Crippen LogP contribution in [0.5, 0.6) is 0 Å². The molecule has 0 bridgehead atoms. The molecule has 1 aliphatic heterocycles. The molecule has 0 saturated carbocycles. The lowest BCUT2D eigenvalue weighted by atomic mass is 9.78. The normalized spacial score (nSPS) is 27.0. The van der Waals surface area contributed by atoms with Crippen molar-refractivity contribution in [2.45, 2.75) is 25.3 Å². The summed E-state index contributed by atoms with van der Waals surface area (Å²) in [6, 6.07) is 9.20. The van der Waals surface area contributed by atoms with Crippen molar-refractivity contribution >= 4 is 33.0 Å². The van der Waals surface area contributed by atoms with E-state index in [9.17, 15) is 0 Å². The Morgan fingerprint density at radius 3 is 3.00 bits per heavy atom. The highest BCUT2D eigenvalue weighted by Crippen LogP contribution is 2.52. The van der Waals surface area contributed by atoms with E-state index in [1.807, 2.05) is 11.3 Å². The minimum atomic E-state index is 0.432. The van der Waals surface area contributed by atoms with Crippen LogP contribution in [0.4, 0.5) is 5.69 Å². The third-order valence-corrected chi connectivity index (χ3v) is 6.29. The maximum absolute atomic E-state index is 3.80. The highest BCUT2D eigenvalue weighted by atomic mass is 79.9. The van der Waals surface area contributed by atoms with Gasteiger partial charge in [0, 0.05) is 15.3 Å². The third-order valence-electron chi connectivity index (χ3n) is 4.53. The number of thiophene rings is 1. The SMILES string of the molecule is Cc1ccsc1C1Nc2c(Br)cccc2C2C=CCC21. The maximum Gasteiger partial charge on any atom is 0.0649 e. The summed E-state index contributed by atoms with van der Waals surface area (Å²) in [6.45, 7) is 2.22. The van der Waals surface area contributed by atoms with Gasteiger partial charge < -0.3 is 5.32 Å². The first kappa shape index (κ1) is 12.7. The van der Waals surface area contributed by atoms with E-state index in [1.54, 1.807) is 0 Å². The van der Waals surface area contributed by atoms with Crippen LogP contribution in [0.3, 0.4) is 0 Å². The number of anilines is 1. The summed E-state index contributed by atoms with van der Waals surface area (Å²) in [5, 5.41) is 6.01. The van der Waals surface area contributed by atoms with E-state index < -0.39 is 0 Å². The van der Waals surface area contributed by atoms with Gasteiger partial charge in [-0.2, -0.15) is 0 Å². The van der Waals surface area contributed by atoms with Gasteiger partial charge in [-0.15, -0.1) is 11.3 Å². The van der Waals surface area contributed by atoms with Gasteiger partial charge in [-0.1, -0.05) is 24.3 Å². The Kier molecular flexibility index (Phi) is 3.00. The first-order valence-corrected chi connectivity index (χ1v) is 8.68. The first-order valence-electron chi connectivity index (χ1n) is 7.01. The van der Waals surface area contributed by atoms with E-state index in [0.717, 1.165) is 0 Å². The summed E-state index contributed by atoms with van der Waals surface area (Å²) < 4.78 is 1.17. The number of nitrogens with one attached hydrogen (secondary N) is 1. The van der Waals surface area contributed by atoms with E-state index >= 15 is 0 Å². The van der Waals surface area contributed by atoms with Crippen molar-refractivity contribution < 1.29 is 0 Å². The Labute approximate surface area is 131 Å². The van der Waals surface area contributed by atoms with Crippen LogP contribution in [0.1, 0.15) is 34.4 Å². The molecule has 3 unspecified atom stereocenters. The highest BCUT2D eigenvalue weighted by Gasteiger charge is 2.39. The number of fused-ring (bicyclic) bond motifs is 3. The number of halogens is 1. The largest absolute Gasteiger partial charge is 0.376 e. The molecule has 0 spiro atoms. The Morgan fingerprint density at radius 1 is 1.30 bits per heavy atom. The first-order chi connectivity index (χ1) is 9.75. The standard InChI is InChI=1S/C17H16BrNS/c1-10-8-9-20-17(10)16-13-5-2-4-11(13)12-6-3-7-14(18)15(12)19-16/h2-4,6-9,11,13,16,19H,5H2,1H3. The average molecular weight is 346 g/mol. The molecule has 1 nitrogen and oxygen atoms in total. The smallest absolute Gasteiger partial charge is 0.0649 e. The summed E-state index contributed by atoms with van der Waals surface area (Å²) >= 11 is 5.59. The molecule has 0 radical (unpaired) electrons. The molecule has 3 atom stereocenters. The molecular formula is C17H16BrNS. The molecule has 3 heteroatoms. The van der Waals surface area contributed by atoms with Crippen LogP contribution in [0.25, 0.3) is 0 Å². The van der Waals surface area contributed by atoms with Gasteiger partial charge in [0.1, 0.15) is 0 Å². The second-order valence-electron chi connectivity index (χ2n) is 5.65. The molecule has 0 fully saturated rings. The second-order valence-corrected chi connectivity index (χ2v) is 7.45. The van der Waals surface area contributed by atoms with Crippen LogP contribution in [-0.2, 0) is 0 Å². The third kappa shape index (κ3) is 1.80. The van der Waals surface area contributed by atoms with E-state index in [1.165, 1.54) is 32.6 Å². The number of benzene rings is 1. The van der Waals surface area contributed by atoms with Crippen molar-refractivity contribution in [1.82, 2.24) is 0 Å². The number of para-hydroxylation sites is 1. The molecule has 2 aromatic rings. The zero-order valence-electron chi connectivity index (χ0n) is 11.3. The topological polar surface area (TPSA) is 12.0 Å². The summed E-state index contributed by atoms with van der Waals surface area (Å²) in [4.78, 5) is 1.49. The predicted molar refractivity (Wildman–Crippen MR) is 89.5 cm³/mol. The fourth-order valence-electron chi connectivity index (χ4n) is 3.55. The van der Waals surface area contributed by atoms with Gasteiger partial charge in [-0.3, -0.25) is 0 Å². The number of allylic oxidation sites excluding steroid dienone is 2. The lowest BCUT2D eigenvalue weighted by Crippen LogP contribution is -2.29. The number of aryl methyl sites for hydroxylation is 1. The van der Waals surface area contributed by atoms with Crippen molar-refractivity contribution in [1.29, 1.82) is 0 Å². The van der Waals surface area contributed by atoms with Crippen molar-refractivity contribution in [3.8, 4) is 0 Å². The Bertz CT molecular complexity index is 688. The highest BCUT2D eigenvalue weighted by molar-refractivity contribution is 9.10. The van der Waals surface area contributed by atoms with Crippen LogP contribution < -0.4 is 5.32 Å². The molecule has 1 N–H and O–H groups in total. The second kappa shape index (κ2) is 4.74. The molecule has 1 aromatic heterocycles. The van der Waals surface area contributed by atoms with E-state index in [0.29, 0.717) is 17.9 Å². The molecule has 0 amide bonds. The van der Waals surface area contributed by atoms with E-state index in [4.69, 9.17) is 0 Å². The number of hydrogen-bond acceptors (Lipinski definition) is 2. The lowest BCUT2D eigenvalue weighted by Gasteiger charge is -2.37. The van der Waals surface area contributed by atoms with Gasteiger partial charge in [0.05, 0.1) is 11.7 Å². The molecule has 0 saturated heterocycles. The van der Waals surface area contributed by atoms with E-state index in [2.05, 4.69) is 70.0 Å². The van der Waals surface area contributed by atoms with Crippen LogP contribution in [-0.4, -0.2) is 0 Å². The summed E-state index contributed by atoms with van der Waals surface area (Å²) in [5.74, 6) is 1.20. The minimum absolute atomic E-state index is 0.432. The predicted octanol–water partition coefficient (Wildman–Crippen LogP) is 5.65. The van der Waals surface area contributed by atoms with Crippen molar-refractivity contribution in [2.75, 3.05) is 5.32 Å². The average Bonchev–Trinajstić information content (AvgIpc) is 3.07. The fourth-order valence-corrected chi connectivity index (χ4v) is 5.09. The Balaban J connectivity index is 1.85. The Hall–Kier alpha value is -1.06. The lowest BCUT2D eigenvalue weighted by molar-refractivity contribution is 0.428. The van der Waals surface area contributed by atoms with Gasteiger partial charge in [0.2, 0.25) is 0 Å². The summed E-state index contributed by atoms with van der Waals surface area (Å²) in [5.41, 5.74) is 4.12. The molecule has 1 aliphatic carbocycles. The monoisotopic (exact) mass is 345 g/mol. The zero-order chi connectivity index (χ0) is 13.7.